The van der Waals surface area contributed by atoms with Crippen molar-refractivity contribution in [2.45, 2.75) is 127 Å². The zero-order valence-electron chi connectivity index (χ0n) is 33.6. The molecule has 58 heavy (non-hydrogen) atoms. The summed E-state index contributed by atoms with van der Waals surface area (Å²) in [6.07, 6.45) is 9.48. The number of aliphatic hydroxyl groups is 1. The number of phenolic OH excluding ortho intramolecular Hbond substituents is 1. The van der Waals surface area contributed by atoms with Gasteiger partial charge >= 0.3 is 5.97 Å². The van der Waals surface area contributed by atoms with Crippen LogP contribution in [0, 0.1) is 5.41 Å². The molecule has 1 aliphatic carbocycles. The lowest BCUT2D eigenvalue weighted by molar-refractivity contribution is -0.224. The predicted octanol–water partition coefficient (Wildman–Crippen LogP) is 6.13. The van der Waals surface area contributed by atoms with E-state index in [1.165, 1.54) is 0 Å². The van der Waals surface area contributed by atoms with E-state index in [9.17, 15) is 19.5 Å². The molecule has 12 heteroatoms. The number of esters is 1. The summed E-state index contributed by atoms with van der Waals surface area (Å²) in [5, 5.41) is 26.7. The minimum absolute atomic E-state index is 0.114. The van der Waals surface area contributed by atoms with Gasteiger partial charge in [0.2, 0.25) is 5.91 Å². The van der Waals surface area contributed by atoms with Crippen LogP contribution in [0.5, 0.6) is 5.75 Å². The number of allylic oxidation sites excluding steroid dienone is 1. The SMILES string of the molecule is CCCCCC1(CCCCC)OC2C3CC4(C(=O)NCc5cccc(C(=O)NCCO)c5)C(ON(Cc5ccc(C=CCc6ccccc6O)cc5)C4C(=O)O3)C2O1. The van der Waals surface area contributed by atoms with E-state index < -0.39 is 47.6 Å². The van der Waals surface area contributed by atoms with Crippen LogP contribution < -0.4 is 10.6 Å². The normalized spacial score (nSPS) is 25.7. The average Bonchev–Trinajstić information content (AvgIpc) is 3.79. The van der Waals surface area contributed by atoms with Gasteiger partial charge in [0, 0.05) is 37.9 Å². The van der Waals surface area contributed by atoms with Crippen LogP contribution in [-0.4, -0.2) is 82.5 Å². The summed E-state index contributed by atoms with van der Waals surface area (Å²) in [4.78, 5) is 48.5. The van der Waals surface area contributed by atoms with E-state index in [0.29, 0.717) is 30.4 Å². The largest absolute Gasteiger partial charge is 0.508 e. The molecule has 6 unspecified atom stereocenters. The Morgan fingerprint density at radius 3 is 2.36 bits per heavy atom. The second-order valence-electron chi connectivity index (χ2n) is 16.1. The number of hydrogen-bond acceptors (Lipinski definition) is 10. The molecule has 3 aromatic rings. The molecular weight excluding hydrogens is 739 g/mol. The van der Waals surface area contributed by atoms with Crippen LogP contribution in [0.3, 0.4) is 0 Å². The number of hydrogen-bond donors (Lipinski definition) is 4. The molecule has 12 nitrogen and oxygen atoms in total. The summed E-state index contributed by atoms with van der Waals surface area (Å²) in [6, 6.07) is 21.1. The van der Waals surface area contributed by atoms with Gasteiger partial charge in [-0.25, -0.2) is 0 Å². The Morgan fingerprint density at radius 2 is 1.64 bits per heavy atom. The van der Waals surface area contributed by atoms with Gasteiger partial charge in [-0.15, -0.1) is 0 Å². The van der Waals surface area contributed by atoms with E-state index >= 15 is 0 Å². The maximum atomic E-state index is 14.9. The zero-order valence-corrected chi connectivity index (χ0v) is 33.6. The minimum Gasteiger partial charge on any atom is -0.508 e. The summed E-state index contributed by atoms with van der Waals surface area (Å²) in [5.74, 6) is -1.80. The fourth-order valence-corrected chi connectivity index (χ4v) is 9.06. The quantitative estimate of drug-likeness (QED) is 0.0823. The van der Waals surface area contributed by atoms with E-state index in [0.717, 1.165) is 55.2 Å². The van der Waals surface area contributed by atoms with Gasteiger partial charge in [0.05, 0.1) is 13.2 Å². The number of ether oxygens (including phenoxy) is 3. The molecule has 2 amide bonds. The first-order chi connectivity index (χ1) is 28.2. The molecule has 3 aromatic carbocycles. The van der Waals surface area contributed by atoms with Crippen LogP contribution in [0.1, 0.15) is 104 Å². The number of aromatic hydroxyl groups is 1. The first-order valence-electron chi connectivity index (χ1n) is 21.0. The molecule has 4 N–H and O–H groups in total. The fraction of sp³-hybridized carbons (Fsp3) is 0.500. The van der Waals surface area contributed by atoms with Crippen LogP contribution in [-0.2, 0) is 48.1 Å². The third kappa shape index (κ3) is 8.72. The Balaban J connectivity index is 1.15. The summed E-state index contributed by atoms with van der Waals surface area (Å²) in [5.41, 5.74) is 2.47. The molecule has 2 bridgehead atoms. The number of aliphatic hydroxyl groups excluding tert-OH is 1. The van der Waals surface area contributed by atoms with Gasteiger partial charge in [-0.2, -0.15) is 5.06 Å². The molecule has 0 spiro atoms. The molecule has 4 aliphatic rings. The topological polar surface area (TPSA) is 156 Å². The number of rotatable bonds is 19. The molecule has 6 atom stereocenters. The Hall–Kier alpha value is -4.59. The van der Waals surface area contributed by atoms with E-state index in [2.05, 4.69) is 24.5 Å². The Bertz CT molecular complexity index is 1930. The van der Waals surface area contributed by atoms with Crippen LogP contribution >= 0.6 is 0 Å². The monoisotopic (exact) mass is 795 g/mol. The highest BCUT2D eigenvalue weighted by Gasteiger charge is 2.76. The van der Waals surface area contributed by atoms with Crippen molar-refractivity contribution in [2.75, 3.05) is 13.2 Å². The van der Waals surface area contributed by atoms with Crippen molar-refractivity contribution < 1.29 is 43.6 Å². The summed E-state index contributed by atoms with van der Waals surface area (Å²) >= 11 is 0. The van der Waals surface area contributed by atoms with Crippen LogP contribution in [0.4, 0.5) is 0 Å². The Labute approximate surface area is 340 Å². The Kier molecular flexibility index (Phi) is 13.3. The number of amides is 2. The van der Waals surface area contributed by atoms with Crippen molar-refractivity contribution in [1.29, 1.82) is 0 Å². The average molecular weight is 796 g/mol. The van der Waals surface area contributed by atoms with Gasteiger partial charge < -0.3 is 35.1 Å². The van der Waals surface area contributed by atoms with Crippen molar-refractivity contribution in [3.05, 3.63) is 107 Å². The Morgan fingerprint density at radius 1 is 0.897 bits per heavy atom. The van der Waals surface area contributed by atoms with Gasteiger partial charge in [-0.1, -0.05) is 106 Å². The molecule has 4 fully saturated rings. The summed E-state index contributed by atoms with van der Waals surface area (Å²) < 4.78 is 20.1. The van der Waals surface area contributed by atoms with Gasteiger partial charge in [-0.05, 0) is 59.7 Å². The van der Waals surface area contributed by atoms with Crippen molar-refractivity contribution in [3.63, 3.8) is 0 Å². The highest BCUT2D eigenvalue weighted by molar-refractivity contribution is 5.95. The number of nitrogens with zero attached hydrogens (tertiary/aromatic N) is 1. The maximum absolute atomic E-state index is 14.9. The maximum Gasteiger partial charge on any atom is 0.327 e. The van der Waals surface area contributed by atoms with Crippen molar-refractivity contribution >= 4 is 23.9 Å². The number of nitrogens with one attached hydrogen (secondary N) is 2. The van der Waals surface area contributed by atoms with Gasteiger partial charge in [0.1, 0.15) is 35.6 Å². The second-order valence-corrected chi connectivity index (χ2v) is 16.1. The van der Waals surface area contributed by atoms with Gasteiger partial charge in [0.15, 0.2) is 11.8 Å². The standard InChI is InChI=1S/C46H57N3O9/c1-3-5-9-23-45(24-10-6-4-2)56-38-37-28-46(44(54)48-29-33-14-12-17-35(27-33)42(52)47-25-26-50)40(43(53)55-37)49(58-41(46)39(38)57-45)30-32-21-19-31(20-22-32)13-11-16-34-15-7-8-18-36(34)51/h7-8,11-15,17-22,27,37-41,50-51H,3-6,9-10,16,23-26,28-30H2,1-2H3,(H,47,52)(H,48,54). The first-order valence-corrected chi connectivity index (χ1v) is 21.0. The minimum atomic E-state index is -1.34. The molecule has 3 aliphatic heterocycles. The second kappa shape index (κ2) is 18.6. The first kappa shape index (κ1) is 41.6. The highest BCUT2D eigenvalue weighted by Crippen LogP contribution is 2.58. The lowest BCUT2D eigenvalue weighted by Gasteiger charge is -2.48. The summed E-state index contributed by atoms with van der Waals surface area (Å²) in [7, 11) is 0. The van der Waals surface area contributed by atoms with Crippen molar-refractivity contribution in [2.24, 2.45) is 5.41 Å². The molecular formula is C46H57N3O9. The van der Waals surface area contributed by atoms with Gasteiger partial charge in [-0.3, -0.25) is 19.2 Å². The number of hydroxylamine groups is 2. The fourth-order valence-electron chi connectivity index (χ4n) is 9.06. The number of para-hydroxylation sites is 1. The number of unbranched alkanes of at least 4 members (excludes halogenated alkanes) is 4. The zero-order chi connectivity index (χ0) is 40.7. The van der Waals surface area contributed by atoms with Crippen LogP contribution in [0.25, 0.3) is 6.08 Å². The van der Waals surface area contributed by atoms with E-state index in [4.69, 9.17) is 24.2 Å². The number of phenols is 1. The highest BCUT2D eigenvalue weighted by atomic mass is 16.8. The van der Waals surface area contributed by atoms with E-state index in [1.807, 2.05) is 54.6 Å². The third-order valence-electron chi connectivity index (χ3n) is 12.0. The molecule has 0 radical (unpaired) electrons. The molecule has 1 saturated carbocycles. The smallest absolute Gasteiger partial charge is 0.327 e. The van der Waals surface area contributed by atoms with Crippen LogP contribution in [0.2, 0.25) is 0 Å². The lowest BCUT2D eigenvalue weighted by atomic mass is 9.62. The molecule has 0 aromatic heterocycles. The van der Waals surface area contributed by atoms with Crippen LogP contribution in [0.15, 0.2) is 78.9 Å². The molecule has 3 heterocycles. The van der Waals surface area contributed by atoms with Crippen molar-refractivity contribution in [1.82, 2.24) is 15.7 Å². The summed E-state index contributed by atoms with van der Waals surface area (Å²) in [6.45, 7) is 4.62. The molecule has 3 saturated heterocycles. The van der Waals surface area contributed by atoms with Gasteiger partial charge in [0.25, 0.3) is 5.91 Å². The van der Waals surface area contributed by atoms with E-state index in [1.54, 1.807) is 35.4 Å². The predicted molar refractivity (Wildman–Crippen MR) is 217 cm³/mol. The molecule has 7 rings (SSSR count). The van der Waals surface area contributed by atoms with Crippen molar-refractivity contribution in [3.8, 4) is 5.75 Å². The lowest BCUT2D eigenvalue weighted by Crippen LogP contribution is -2.69. The van der Waals surface area contributed by atoms with E-state index in [-0.39, 0.29) is 50.2 Å². The number of carbonyl (C=O) groups is 3. The molecule has 310 valence electrons. The number of carbonyl (C=O) groups excluding carboxylic acids is 3. The third-order valence-corrected chi connectivity index (χ3v) is 12.0. The number of benzene rings is 3. The number of fused-ring (bicyclic) bond motifs is 4.